The van der Waals surface area contributed by atoms with E-state index < -0.39 is 15.7 Å². The summed E-state index contributed by atoms with van der Waals surface area (Å²) in [6.07, 6.45) is 0. The maximum atomic E-state index is 13.4. The van der Waals surface area contributed by atoms with Crippen LogP contribution in [0, 0.1) is 5.82 Å². The maximum absolute atomic E-state index is 13.4. The Morgan fingerprint density at radius 2 is 2.12 bits per heavy atom. The van der Waals surface area contributed by atoms with Crippen LogP contribution in [-0.2, 0) is 9.84 Å². The molecule has 0 fully saturated rings. The Bertz CT molecular complexity index is 996. The molecule has 0 atom stereocenters. The number of nitrogens with zero attached hydrogens (tertiary/aromatic N) is 2. The van der Waals surface area contributed by atoms with E-state index in [9.17, 15) is 12.8 Å². The normalized spacial score (nSPS) is 18.2. The third-order valence-corrected chi connectivity index (χ3v) is 6.26. The topological polar surface area (TPSA) is 85.8 Å². The summed E-state index contributed by atoms with van der Waals surface area (Å²) in [5.41, 5.74) is 6.35. The standard InChI is InChI=1S/C14H12FN5O2S2/c1-16-11-10-5-6-23-14(10)20-12(17-11)13(18-19-20)24(21,22)9-4-2-3-8(15)7-9/h2-7,18-19H,1H3,(H,16,17). The van der Waals surface area contributed by atoms with Gasteiger partial charge in [-0.25, -0.2) is 17.8 Å². The van der Waals surface area contributed by atoms with Gasteiger partial charge in [0.1, 0.15) is 16.7 Å². The summed E-state index contributed by atoms with van der Waals surface area (Å²) < 4.78 is 39.1. The van der Waals surface area contributed by atoms with Crippen molar-refractivity contribution in [3.63, 3.8) is 0 Å². The number of benzene rings is 1. The van der Waals surface area contributed by atoms with Gasteiger partial charge in [0.05, 0.1) is 10.5 Å². The molecule has 7 nitrogen and oxygen atoms in total. The molecule has 0 unspecified atom stereocenters. The second-order valence-corrected chi connectivity index (χ2v) is 7.83. The van der Waals surface area contributed by atoms with Crippen molar-refractivity contribution in [2.24, 2.45) is 4.99 Å². The number of hydrogen-bond acceptors (Lipinski definition) is 7. The van der Waals surface area contributed by atoms with Crippen LogP contribution >= 0.6 is 11.3 Å². The average molecular weight is 365 g/mol. The van der Waals surface area contributed by atoms with E-state index in [1.54, 1.807) is 12.1 Å². The van der Waals surface area contributed by atoms with Gasteiger partial charge in [0.15, 0.2) is 10.9 Å². The Morgan fingerprint density at radius 1 is 1.29 bits per heavy atom. The van der Waals surface area contributed by atoms with Gasteiger partial charge >= 0.3 is 0 Å². The number of rotatable bonds is 2. The maximum Gasteiger partial charge on any atom is 0.226 e. The Hall–Kier alpha value is -2.43. The highest BCUT2D eigenvalue weighted by Crippen LogP contribution is 2.36. The van der Waals surface area contributed by atoms with Crippen LogP contribution < -0.4 is 21.3 Å². The lowest BCUT2D eigenvalue weighted by molar-refractivity contribution is 0.588. The van der Waals surface area contributed by atoms with Crippen molar-refractivity contribution in [2.45, 2.75) is 4.90 Å². The number of halogens is 1. The van der Waals surface area contributed by atoms with Crippen LogP contribution in [0.5, 0.6) is 0 Å². The van der Waals surface area contributed by atoms with E-state index in [0.717, 1.165) is 16.6 Å². The van der Waals surface area contributed by atoms with Crippen molar-refractivity contribution in [3.05, 3.63) is 57.9 Å². The van der Waals surface area contributed by atoms with E-state index in [-0.39, 0.29) is 9.92 Å². The SMILES string of the molecule is CN=C1NC2=C(S(=O)(=O)c3cccc(F)c3)NNN2c2sccc21. The minimum Gasteiger partial charge on any atom is -0.323 e. The molecule has 2 aromatic rings. The van der Waals surface area contributed by atoms with Crippen molar-refractivity contribution in [1.82, 2.24) is 16.3 Å². The smallest absolute Gasteiger partial charge is 0.226 e. The van der Waals surface area contributed by atoms with Crippen LogP contribution in [0.25, 0.3) is 0 Å². The van der Waals surface area contributed by atoms with Gasteiger partial charge in [-0.1, -0.05) is 6.07 Å². The molecule has 2 aliphatic rings. The molecule has 0 saturated carbocycles. The Labute approximate surface area is 141 Å². The third kappa shape index (κ3) is 2.11. The summed E-state index contributed by atoms with van der Waals surface area (Å²) in [4.78, 5) is 4.04. The van der Waals surface area contributed by atoms with Crippen molar-refractivity contribution >= 4 is 32.0 Å². The number of anilines is 1. The van der Waals surface area contributed by atoms with Crippen LogP contribution in [-0.4, -0.2) is 21.3 Å². The molecule has 24 heavy (non-hydrogen) atoms. The molecule has 4 rings (SSSR count). The minimum atomic E-state index is -3.94. The predicted molar refractivity (Wildman–Crippen MR) is 89.3 cm³/mol. The molecule has 0 aliphatic carbocycles. The number of hydrogen-bond donors (Lipinski definition) is 3. The lowest BCUT2D eigenvalue weighted by Gasteiger charge is -2.27. The zero-order valence-corrected chi connectivity index (χ0v) is 14.0. The Morgan fingerprint density at radius 3 is 2.88 bits per heavy atom. The number of fused-ring (bicyclic) bond motifs is 3. The highest BCUT2D eigenvalue weighted by Gasteiger charge is 2.38. The second kappa shape index (κ2) is 5.30. The van der Waals surface area contributed by atoms with Crippen LogP contribution in [0.3, 0.4) is 0 Å². The second-order valence-electron chi connectivity index (χ2n) is 5.05. The van der Waals surface area contributed by atoms with Crippen LogP contribution in [0.1, 0.15) is 5.56 Å². The van der Waals surface area contributed by atoms with Gasteiger partial charge in [0.25, 0.3) is 0 Å². The minimum absolute atomic E-state index is 0.0895. The number of amidine groups is 1. The first-order valence-electron chi connectivity index (χ1n) is 6.91. The van der Waals surface area contributed by atoms with Gasteiger partial charge in [-0.05, 0) is 29.6 Å². The van der Waals surface area contributed by atoms with Gasteiger partial charge in [0, 0.05) is 7.05 Å². The summed E-state index contributed by atoms with van der Waals surface area (Å²) in [6, 6.07) is 6.79. The van der Waals surface area contributed by atoms with Crippen LogP contribution in [0.4, 0.5) is 9.39 Å². The fourth-order valence-electron chi connectivity index (χ4n) is 2.55. The molecular weight excluding hydrogens is 353 g/mol. The molecule has 0 amide bonds. The number of sulfone groups is 1. The third-order valence-electron chi connectivity index (χ3n) is 3.66. The van der Waals surface area contributed by atoms with E-state index in [2.05, 4.69) is 21.3 Å². The van der Waals surface area contributed by atoms with Crippen molar-refractivity contribution in [3.8, 4) is 0 Å². The molecule has 2 aliphatic heterocycles. The molecule has 1 aromatic carbocycles. The van der Waals surface area contributed by atoms with Gasteiger partial charge in [-0.3, -0.25) is 10.4 Å². The van der Waals surface area contributed by atoms with E-state index in [1.165, 1.54) is 29.5 Å². The van der Waals surface area contributed by atoms with E-state index in [4.69, 9.17) is 0 Å². The molecule has 0 radical (unpaired) electrons. The van der Waals surface area contributed by atoms with Gasteiger partial charge in [0.2, 0.25) is 9.84 Å². The summed E-state index contributed by atoms with van der Waals surface area (Å²) in [5, 5.41) is 7.22. The quantitative estimate of drug-likeness (QED) is 0.744. The first-order valence-corrected chi connectivity index (χ1v) is 9.27. The summed E-state index contributed by atoms with van der Waals surface area (Å²) in [7, 11) is -2.32. The van der Waals surface area contributed by atoms with Crippen molar-refractivity contribution in [1.29, 1.82) is 0 Å². The molecule has 10 heteroatoms. The highest BCUT2D eigenvalue weighted by molar-refractivity contribution is 7.95. The van der Waals surface area contributed by atoms with Crippen molar-refractivity contribution < 1.29 is 12.8 Å². The van der Waals surface area contributed by atoms with Crippen LogP contribution in [0.15, 0.2) is 56.4 Å². The Kier molecular flexibility index (Phi) is 3.34. The molecular formula is C14H12FN5O2S2. The number of hydrazine groups is 2. The molecule has 3 heterocycles. The van der Waals surface area contributed by atoms with Gasteiger partial charge in [-0.2, -0.15) is 0 Å². The van der Waals surface area contributed by atoms with E-state index in [1.807, 2.05) is 11.4 Å². The van der Waals surface area contributed by atoms with Gasteiger partial charge < -0.3 is 5.32 Å². The molecule has 1 aromatic heterocycles. The Balaban J connectivity index is 1.87. The zero-order chi connectivity index (χ0) is 16.9. The zero-order valence-electron chi connectivity index (χ0n) is 12.4. The summed E-state index contributed by atoms with van der Waals surface area (Å²) >= 11 is 1.45. The lowest BCUT2D eigenvalue weighted by Crippen LogP contribution is -2.45. The summed E-state index contributed by atoms with van der Waals surface area (Å²) in [5.74, 6) is 0.252. The molecule has 0 spiro atoms. The van der Waals surface area contributed by atoms with E-state index in [0.29, 0.717) is 11.7 Å². The van der Waals surface area contributed by atoms with Crippen LogP contribution in [0.2, 0.25) is 0 Å². The fourth-order valence-corrected chi connectivity index (χ4v) is 4.75. The largest absolute Gasteiger partial charge is 0.323 e. The first-order chi connectivity index (χ1) is 11.5. The first kappa shape index (κ1) is 15.1. The average Bonchev–Trinajstić information content (AvgIpc) is 3.20. The molecule has 0 saturated heterocycles. The van der Waals surface area contributed by atoms with E-state index >= 15 is 0 Å². The predicted octanol–water partition coefficient (Wildman–Crippen LogP) is 1.30. The monoisotopic (exact) mass is 365 g/mol. The van der Waals surface area contributed by atoms with Crippen molar-refractivity contribution in [2.75, 3.05) is 12.1 Å². The van der Waals surface area contributed by atoms with Gasteiger partial charge in [-0.15, -0.1) is 16.9 Å². The number of aliphatic imine (C=N–C) groups is 1. The number of nitrogens with one attached hydrogen (secondary N) is 3. The highest BCUT2D eigenvalue weighted by atomic mass is 32.2. The number of thiophene rings is 1. The summed E-state index contributed by atoms with van der Waals surface area (Å²) in [6.45, 7) is 0. The lowest BCUT2D eigenvalue weighted by atomic mass is 10.2. The fraction of sp³-hybridized carbons (Fsp3) is 0.0714. The molecule has 0 bridgehead atoms. The molecule has 124 valence electrons. The molecule has 3 N–H and O–H groups in total.